The quantitative estimate of drug-likeness (QED) is 0.898. The van der Waals surface area contributed by atoms with Crippen molar-refractivity contribution < 1.29 is 14.7 Å². The smallest absolute Gasteiger partial charge is 0.308 e. The minimum absolute atomic E-state index is 0.248. The Kier molecular flexibility index (Phi) is 4.03. The highest BCUT2D eigenvalue weighted by atomic mass is 16.4. The number of carboxylic acids is 1. The van der Waals surface area contributed by atoms with Crippen LogP contribution in [0.4, 0.5) is 0 Å². The first-order chi connectivity index (χ1) is 9.50. The van der Waals surface area contributed by atoms with Crippen molar-refractivity contribution in [2.24, 2.45) is 5.92 Å². The summed E-state index contributed by atoms with van der Waals surface area (Å²) in [6, 6.07) is 12.7. The Balaban J connectivity index is 2.26. The molecule has 2 aromatic carbocycles. The topological polar surface area (TPSA) is 66.4 Å². The summed E-state index contributed by atoms with van der Waals surface area (Å²) in [7, 11) is 0. The first-order valence-electron chi connectivity index (χ1n) is 6.52. The zero-order chi connectivity index (χ0) is 14.7. The van der Waals surface area contributed by atoms with Gasteiger partial charge in [0.25, 0.3) is 5.91 Å². The van der Waals surface area contributed by atoms with E-state index < -0.39 is 17.9 Å². The predicted octanol–water partition coefficient (Wildman–Crippen LogP) is 2.68. The van der Waals surface area contributed by atoms with E-state index in [0.29, 0.717) is 5.56 Å². The van der Waals surface area contributed by atoms with Crippen LogP contribution >= 0.6 is 0 Å². The Morgan fingerprint density at radius 1 is 1.05 bits per heavy atom. The Labute approximate surface area is 117 Å². The summed E-state index contributed by atoms with van der Waals surface area (Å²) >= 11 is 0. The predicted molar refractivity (Wildman–Crippen MR) is 77.7 cm³/mol. The zero-order valence-corrected chi connectivity index (χ0v) is 11.5. The molecule has 2 aromatic rings. The third kappa shape index (κ3) is 2.79. The molecule has 0 bridgehead atoms. The number of fused-ring (bicyclic) bond motifs is 1. The Bertz CT molecular complexity index is 646. The molecule has 4 nitrogen and oxygen atoms in total. The monoisotopic (exact) mass is 271 g/mol. The van der Waals surface area contributed by atoms with Crippen LogP contribution in [0.5, 0.6) is 0 Å². The number of rotatable bonds is 4. The summed E-state index contributed by atoms with van der Waals surface area (Å²) < 4.78 is 0. The second-order valence-corrected chi connectivity index (χ2v) is 4.92. The van der Waals surface area contributed by atoms with Gasteiger partial charge in [0, 0.05) is 11.6 Å². The molecule has 1 amide bonds. The maximum atomic E-state index is 12.3. The molecule has 0 saturated heterocycles. The molecule has 0 aliphatic rings. The highest BCUT2D eigenvalue weighted by Crippen LogP contribution is 2.18. The van der Waals surface area contributed by atoms with Crippen molar-refractivity contribution >= 4 is 22.6 Å². The van der Waals surface area contributed by atoms with Crippen LogP contribution in [0.2, 0.25) is 0 Å². The van der Waals surface area contributed by atoms with E-state index in [1.165, 1.54) is 0 Å². The van der Waals surface area contributed by atoms with E-state index in [9.17, 15) is 9.59 Å². The summed E-state index contributed by atoms with van der Waals surface area (Å²) in [5.41, 5.74) is 0.563. The van der Waals surface area contributed by atoms with E-state index in [1.807, 2.05) is 36.4 Å². The van der Waals surface area contributed by atoms with Crippen molar-refractivity contribution in [3.05, 3.63) is 48.0 Å². The molecule has 0 fully saturated rings. The number of nitrogens with one attached hydrogen (secondary N) is 1. The van der Waals surface area contributed by atoms with E-state index >= 15 is 0 Å². The van der Waals surface area contributed by atoms with Gasteiger partial charge in [0.05, 0.1) is 5.92 Å². The molecular weight excluding hydrogens is 254 g/mol. The highest BCUT2D eigenvalue weighted by molar-refractivity contribution is 6.07. The van der Waals surface area contributed by atoms with Crippen molar-refractivity contribution in [2.45, 2.75) is 19.9 Å². The number of carbonyl (C=O) groups is 2. The lowest BCUT2D eigenvalue weighted by Crippen LogP contribution is -2.40. The van der Waals surface area contributed by atoms with Gasteiger partial charge < -0.3 is 10.4 Å². The number of aliphatic carboxylic acids is 1. The molecule has 2 N–H and O–H groups in total. The van der Waals surface area contributed by atoms with Crippen molar-refractivity contribution in [3.63, 3.8) is 0 Å². The molecule has 104 valence electrons. The number of benzene rings is 2. The van der Waals surface area contributed by atoms with Crippen molar-refractivity contribution in [3.8, 4) is 0 Å². The third-order valence-electron chi connectivity index (χ3n) is 3.53. The Hall–Kier alpha value is -2.36. The molecule has 2 atom stereocenters. The summed E-state index contributed by atoms with van der Waals surface area (Å²) in [5, 5.41) is 13.6. The SMILES string of the molecule is CC(NC(=O)c1cccc2ccccc12)C(C)C(=O)O. The van der Waals surface area contributed by atoms with Crippen LogP contribution in [0.1, 0.15) is 24.2 Å². The average molecular weight is 271 g/mol. The number of carbonyl (C=O) groups excluding carboxylic acids is 1. The van der Waals surface area contributed by atoms with Gasteiger partial charge in [-0.1, -0.05) is 36.4 Å². The van der Waals surface area contributed by atoms with Gasteiger partial charge >= 0.3 is 5.97 Å². The number of carboxylic acid groups (broad SMARTS) is 1. The first kappa shape index (κ1) is 14.1. The molecule has 0 saturated carbocycles. The van der Waals surface area contributed by atoms with E-state index in [0.717, 1.165) is 10.8 Å². The van der Waals surface area contributed by atoms with Crippen molar-refractivity contribution in [2.75, 3.05) is 0 Å². The van der Waals surface area contributed by atoms with Crippen LogP contribution in [0.15, 0.2) is 42.5 Å². The molecule has 2 rings (SSSR count). The first-order valence-corrected chi connectivity index (χ1v) is 6.52. The van der Waals surface area contributed by atoms with Gasteiger partial charge in [-0.2, -0.15) is 0 Å². The van der Waals surface area contributed by atoms with E-state index in [4.69, 9.17) is 5.11 Å². The van der Waals surface area contributed by atoms with E-state index in [2.05, 4.69) is 5.32 Å². The summed E-state index contributed by atoms with van der Waals surface area (Å²) in [5.74, 6) is -1.80. The van der Waals surface area contributed by atoms with E-state index in [-0.39, 0.29) is 5.91 Å². The van der Waals surface area contributed by atoms with Gasteiger partial charge in [-0.05, 0) is 30.7 Å². The van der Waals surface area contributed by atoms with Crippen LogP contribution in [0, 0.1) is 5.92 Å². The van der Waals surface area contributed by atoms with Gasteiger partial charge in [0.15, 0.2) is 0 Å². The van der Waals surface area contributed by atoms with Gasteiger partial charge in [-0.3, -0.25) is 9.59 Å². The fraction of sp³-hybridized carbons (Fsp3) is 0.250. The van der Waals surface area contributed by atoms with Crippen molar-refractivity contribution in [1.29, 1.82) is 0 Å². The molecule has 4 heteroatoms. The molecule has 0 aromatic heterocycles. The summed E-state index contributed by atoms with van der Waals surface area (Å²) in [6.45, 7) is 3.28. The second-order valence-electron chi connectivity index (χ2n) is 4.92. The molecule has 2 unspecified atom stereocenters. The molecule has 0 aliphatic carbocycles. The van der Waals surface area contributed by atoms with Gasteiger partial charge in [-0.25, -0.2) is 0 Å². The van der Waals surface area contributed by atoms with Crippen LogP contribution in [0.3, 0.4) is 0 Å². The lowest BCUT2D eigenvalue weighted by Gasteiger charge is -2.18. The lowest BCUT2D eigenvalue weighted by atomic mass is 10.0. The number of hydrogen-bond acceptors (Lipinski definition) is 2. The van der Waals surface area contributed by atoms with Crippen molar-refractivity contribution in [1.82, 2.24) is 5.32 Å². The second kappa shape index (κ2) is 5.74. The van der Waals surface area contributed by atoms with Crippen LogP contribution in [0.25, 0.3) is 10.8 Å². The third-order valence-corrected chi connectivity index (χ3v) is 3.53. The lowest BCUT2D eigenvalue weighted by molar-refractivity contribution is -0.141. The fourth-order valence-corrected chi connectivity index (χ4v) is 2.05. The minimum atomic E-state index is -0.921. The molecule has 0 spiro atoms. The Morgan fingerprint density at radius 3 is 2.40 bits per heavy atom. The summed E-state index contributed by atoms with van der Waals surface area (Å²) in [4.78, 5) is 23.2. The molecule has 0 heterocycles. The molecular formula is C16H17NO3. The van der Waals surface area contributed by atoms with Crippen LogP contribution in [-0.4, -0.2) is 23.0 Å². The maximum Gasteiger partial charge on any atom is 0.308 e. The average Bonchev–Trinajstić information content (AvgIpc) is 2.45. The molecule has 20 heavy (non-hydrogen) atoms. The van der Waals surface area contributed by atoms with Crippen LogP contribution < -0.4 is 5.32 Å². The van der Waals surface area contributed by atoms with Gasteiger partial charge in [-0.15, -0.1) is 0 Å². The Morgan fingerprint density at radius 2 is 1.70 bits per heavy atom. The molecule has 0 aliphatic heterocycles. The standard InChI is InChI=1S/C16H17NO3/c1-10(16(19)20)11(2)17-15(18)14-9-5-7-12-6-3-4-8-13(12)14/h3-11H,1-2H3,(H,17,18)(H,19,20). The number of amides is 1. The summed E-state index contributed by atoms with van der Waals surface area (Å²) in [6.07, 6.45) is 0. The van der Waals surface area contributed by atoms with Crippen LogP contribution in [-0.2, 0) is 4.79 Å². The maximum absolute atomic E-state index is 12.3. The molecule has 0 radical (unpaired) electrons. The normalized spacial score (nSPS) is 13.7. The van der Waals surface area contributed by atoms with Gasteiger partial charge in [0.1, 0.15) is 0 Å². The number of hydrogen-bond donors (Lipinski definition) is 2. The minimum Gasteiger partial charge on any atom is -0.481 e. The zero-order valence-electron chi connectivity index (χ0n) is 11.5. The van der Waals surface area contributed by atoms with E-state index in [1.54, 1.807) is 19.9 Å². The highest BCUT2D eigenvalue weighted by Gasteiger charge is 2.22. The fourth-order valence-electron chi connectivity index (χ4n) is 2.05. The largest absolute Gasteiger partial charge is 0.481 e. The van der Waals surface area contributed by atoms with Gasteiger partial charge in [0.2, 0.25) is 0 Å².